The summed E-state index contributed by atoms with van der Waals surface area (Å²) in [6, 6.07) is 8.46. The summed E-state index contributed by atoms with van der Waals surface area (Å²) in [7, 11) is 0. The molecule has 3 rings (SSSR count). The molecule has 0 spiro atoms. The molecular formula is C14H13N3O3. The SMILES string of the molecule is Cc1ncccc1NC(=O)Nc1ccc2c(c1)OCO2. The minimum absolute atomic E-state index is 0.208. The predicted molar refractivity (Wildman–Crippen MR) is 74.2 cm³/mol. The van der Waals surface area contributed by atoms with E-state index in [4.69, 9.17) is 9.47 Å². The number of urea groups is 1. The Kier molecular flexibility index (Phi) is 3.12. The van der Waals surface area contributed by atoms with Crippen molar-refractivity contribution < 1.29 is 14.3 Å². The van der Waals surface area contributed by atoms with Crippen LogP contribution in [0.15, 0.2) is 36.5 Å². The number of carbonyl (C=O) groups excluding carboxylic acids is 1. The van der Waals surface area contributed by atoms with Crippen LogP contribution < -0.4 is 20.1 Å². The summed E-state index contributed by atoms with van der Waals surface area (Å²) in [5, 5.41) is 5.48. The van der Waals surface area contributed by atoms with Gasteiger partial charge in [-0.15, -0.1) is 0 Å². The van der Waals surface area contributed by atoms with Gasteiger partial charge >= 0.3 is 6.03 Å². The third kappa shape index (κ3) is 2.49. The van der Waals surface area contributed by atoms with Crippen molar-refractivity contribution >= 4 is 17.4 Å². The first kappa shape index (κ1) is 12.3. The van der Waals surface area contributed by atoms with Gasteiger partial charge in [-0.25, -0.2) is 4.79 Å². The van der Waals surface area contributed by atoms with Crippen LogP contribution in [0, 0.1) is 6.92 Å². The van der Waals surface area contributed by atoms with E-state index in [0.29, 0.717) is 22.9 Å². The molecule has 0 fully saturated rings. The van der Waals surface area contributed by atoms with Crippen molar-refractivity contribution in [3.8, 4) is 11.5 Å². The zero-order valence-corrected chi connectivity index (χ0v) is 10.8. The number of hydrogen-bond acceptors (Lipinski definition) is 4. The fraction of sp³-hybridized carbons (Fsp3) is 0.143. The van der Waals surface area contributed by atoms with Gasteiger partial charge < -0.3 is 20.1 Å². The number of aryl methyl sites for hydroxylation is 1. The fourth-order valence-corrected chi connectivity index (χ4v) is 1.88. The van der Waals surface area contributed by atoms with Crippen LogP contribution in [0.1, 0.15) is 5.69 Å². The molecule has 2 aromatic rings. The van der Waals surface area contributed by atoms with Gasteiger partial charge in [0.1, 0.15) is 0 Å². The molecule has 1 aromatic carbocycles. The summed E-state index contributed by atoms with van der Waals surface area (Å²) in [5.74, 6) is 1.31. The third-order valence-corrected chi connectivity index (χ3v) is 2.89. The molecule has 20 heavy (non-hydrogen) atoms. The topological polar surface area (TPSA) is 72.5 Å². The molecule has 0 bridgehead atoms. The number of anilines is 2. The van der Waals surface area contributed by atoms with Crippen LogP contribution in [0.2, 0.25) is 0 Å². The standard InChI is InChI=1S/C14H13N3O3/c1-9-11(3-2-6-15-9)17-14(18)16-10-4-5-12-13(7-10)20-8-19-12/h2-7H,8H2,1H3,(H2,16,17,18). The lowest BCUT2D eigenvalue weighted by atomic mass is 10.3. The molecule has 1 aliphatic rings. The maximum absolute atomic E-state index is 11.9. The van der Waals surface area contributed by atoms with Gasteiger partial charge in [0.2, 0.25) is 6.79 Å². The number of nitrogens with one attached hydrogen (secondary N) is 2. The quantitative estimate of drug-likeness (QED) is 0.881. The zero-order chi connectivity index (χ0) is 13.9. The fourth-order valence-electron chi connectivity index (χ4n) is 1.88. The number of aromatic nitrogens is 1. The molecule has 102 valence electrons. The monoisotopic (exact) mass is 271 g/mol. The largest absolute Gasteiger partial charge is 0.454 e. The highest BCUT2D eigenvalue weighted by Crippen LogP contribution is 2.34. The van der Waals surface area contributed by atoms with E-state index in [1.54, 1.807) is 36.5 Å². The number of amides is 2. The maximum atomic E-state index is 11.9. The van der Waals surface area contributed by atoms with E-state index in [9.17, 15) is 4.79 Å². The van der Waals surface area contributed by atoms with E-state index in [1.165, 1.54) is 0 Å². The molecule has 0 atom stereocenters. The van der Waals surface area contributed by atoms with Crippen molar-refractivity contribution in [2.75, 3.05) is 17.4 Å². The number of pyridine rings is 1. The second-order valence-electron chi connectivity index (χ2n) is 4.28. The van der Waals surface area contributed by atoms with Crippen molar-refractivity contribution in [3.63, 3.8) is 0 Å². The molecule has 0 aliphatic carbocycles. The van der Waals surface area contributed by atoms with Crippen molar-refractivity contribution in [1.29, 1.82) is 0 Å². The molecule has 0 radical (unpaired) electrons. The van der Waals surface area contributed by atoms with Crippen LogP contribution in [-0.2, 0) is 0 Å². The Morgan fingerprint density at radius 3 is 2.90 bits per heavy atom. The maximum Gasteiger partial charge on any atom is 0.323 e. The van der Waals surface area contributed by atoms with E-state index in [2.05, 4.69) is 15.6 Å². The normalized spacial score (nSPS) is 12.1. The first-order valence-electron chi connectivity index (χ1n) is 6.11. The number of rotatable bonds is 2. The predicted octanol–water partition coefficient (Wildman–Crippen LogP) is 2.76. The highest BCUT2D eigenvalue weighted by atomic mass is 16.7. The average Bonchev–Trinajstić information content (AvgIpc) is 2.89. The smallest absolute Gasteiger partial charge is 0.323 e. The minimum Gasteiger partial charge on any atom is -0.454 e. The lowest BCUT2D eigenvalue weighted by Crippen LogP contribution is -2.20. The molecular weight excluding hydrogens is 258 g/mol. The number of hydrogen-bond donors (Lipinski definition) is 2. The Bertz CT molecular complexity index is 658. The summed E-state index contributed by atoms with van der Waals surface area (Å²) in [6.07, 6.45) is 1.68. The van der Waals surface area contributed by atoms with Gasteiger partial charge in [-0.3, -0.25) is 4.98 Å². The van der Waals surface area contributed by atoms with Crippen LogP contribution in [0.25, 0.3) is 0 Å². The van der Waals surface area contributed by atoms with Gasteiger partial charge in [0, 0.05) is 18.0 Å². The van der Waals surface area contributed by atoms with Gasteiger partial charge in [-0.2, -0.15) is 0 Å². The van der Waals surface area contributed by atoms with Crippen molar-refractivity contribution in [3.05, 3.63) is 42.2 Å². The van der Waals surface area contributed by atoms with Gasteiger partial charge in [0.05, 0.1) is 11.4 Å². The summed E-state index contributed by atoms with van der Waals surface area (Å²) in [4.78, 5) is 16.0. The lowest BCUT2D eigenvalue weighted by molar-refractivity contribution is 0.174. The zero-order valence-electron chi connectivity index (χ0n) is 10.8. The Labute approximate surface area is 115 Å². The van der Waals surface area contributed by atoms with Gasteiger partial charge in [-0.05, 0) is 31.2 Å². The number of ether oxygens (including phenoxy) is 2. The Morgan fingerprint density at radius 2 is 2.05 bits per heavy atom. The molecule has 0 saturated heterocycles. The number of carbonyl (C=O) groups is 1. The van der Waals surface area contributed by atoms with Gasteiger partial charge in [0.15, 0.2) is 11.5 Å². The van der Waals surface area contributed by atoms with E-state index in [1.807, 2.05) is 6.92 Å². The van der Waals surface area contributed by atoms with Crippen LogP contribution in [0.4, 0.5) is 16.2 Å². The van der Waals surface area contributed by atoms with Crippen LogP contribution in [0.5, 0.6) is 11.5 Å². The summed E-state index contributed by atoms with van der Waals surface area (Å²) in [5.41, 5.74) is 2.06. The van der Waals surface area contributed by atoms with Crippen molar-refractivity contribution in [2.24, 2.45) is 0 Å². The summed E-state index contributed by atoms with van der Waals surface area (Å²) in [6.45, 7) is 2.04. The first-order valence-corrected chi connectivity index (χ1v) is 6.11. The molecule has 1 aromatic heterocycles. The van der Waals surface area contributed by atoms with E-state index >= 15 is 0 Å². The van der Waals surface area contributed by atoms with Crippen LogP contribution >= 0.6 is 0 Å². The molecule has 0 saturated carbocycles. The highest BCUT2D eigenvalue weighted by Gasteiger charge is 2.14. The molecule has 6 nitrogen and oxygen atoms in total. The van der Waals surface area contributed by atoms with Crippen LogP contribution in [0.3, 0.4) is 0 Å². The van der Waals surface area contributed by atoms with Crippen molar-refractivity contribution in [1.82, 2.24) is 4.98 Å². The average molecular weight is 271 g/mol. The van der Waals surface area contributed by atoms with E-state index < -0.39 is 0 Å². The second-order valence-corrected chi connectivity index (χ2v) is 4.28. The molecule has 2 N–H and O–H groups in total. The summed E-state index contributed by atoms with van der Waals surface area (Å²) < 4.78 is 10.5. The third-order valence-electron chi connectivity index (χ3n) is 2.89. The molecule has 2 heterocycles. The molecule has 6 heteroatoms. The number of nitrogens with zero attached hydrogens (tertiary/aromatic N) is 1. The van der Waals surface area contributed by atoms with Crippen molar-refractivity contribution in [2.45, 2.75) is 6.92 Å². The number of benzene rings is 1. The molecule has 1 aliphatic heterocycles. The summed E-state index contributed by atoms with van der Waals surface area (Å²) >= 11 is 0. The van der Waals surface area contributed by atoms with E-state index in [0.717, 1.165) is 5.69 Å². The van der Waals surface area contributed by atoms with Gasteiger partial charge in [-0.1, -0.05) is 0 Å². The second kappa shape index (κ2) is 5.08. The Morgan fingerprint density at radius 1 is 1.20 bits per heavy atom. The van der Waals surface area contributed by atoms with Crippen LogP contribution in [-0.4, -0.2) is 17.8 Å². The highest BCUT2D eigenvalue weighted by molar-refractivity contribution is 6.00. The molecule has 0 unspecified atom stereocenters. The first-order chi connectivity index (χ1) is 9.72. The minimum atomic E-state index is -0.333. The lowest BCUT2D eigenvalue weighted by Gasteiger charge is -2.09. The Hall–Kier alpha value is -2.76. The Balaban J connectivity index is 1.69. The van der Waals surface area contributed by atoms with Gasteiger partial charge in [0.25, 0.3) is 0 Å². The van der Waals surface area contributed by atoms with E-state index in [-0.39, 0.29) is 12.8 Å². The number of fused-ring (bicyclic) bond motifs is 1. The molecule has 2 amide bonds.